The molecule has 0 aromatic heterocycles. The van der Waals surface area contributed by atoms with Gasteiger partial charge in [0, 0.05) is 12.0 Å². The molecule has 1 unspecified atom stereocenters. The summed E-state index contributed by atoms with van der Waals surface area (Å²) >= 11 is 0. The van der Waals surface area contributed by atoms with Gasteiger partial charge in [0.25, 0.3) is 5.92 Å². The lowest BCUT2D eigenvalue weighted by Gasteiger charge is -2.25. The molecule has 3 heteroatoms. The summed E-state index contributed by atoms with van der Waals surface area (Å²) in [7, 11) is 0. The largest absolute Gasteiger partial charge is 0.292 e. The van der Waals surface area contributed by atoms with Crippen molar-refractivity contribution in [3.8, 4) is 0 Å². The zero-order valence-electron chi connectivity index (χ0n) is 6.74. The molecular weight excluding hydrogens is 148 g/mol. The van der Waals surface area contributed by atoms with Crippen LogP contribution in [-0.4, -0.2) is 29.5 Å². The highest BCUT2D eigenvalue weighted by Gasteiger charge is 2.53. The number of hydrogen-bond acceptors (Lipinski definition) is 1. The van der Waals surface area contributed by atoms with E-state index in [0.717, 1.165) is 19.4 Å². The summed E-state index contributed by atoms with van der Waals surface area (Å²) in [4.78, 5) is 1.94. The average molecular weight is 161 g/mol. The monoisotopic (exact) mass is 161 g/mol. The van der Waals surface area contributed by atoms with Crippen molar-refractivity contribution >= 4 is 0 Å². The topological polar surface area (TPSA) is 3.24 Å². The highest BCUT2D eigenvalue weighted by atomic mass is 19.3. The molecule has 2 aliphatic rings. The molecule has 2 heterocycles. The first-order valence-electron chi connectivity index (χ1n) is 4.15. The van der Waals surface area contributed by atoms with Gasteiger partial charge in [0.1, 0.15) is 0 Å². The third-order valence-corrected chi connectivity index (χ3v) is 2.97. The van der Waals surface area contributed by atoms with E-state index < -0.39 is 5.92 Å². The molecule has 0 N–H and O–H groups in total. The van der Waals surface area contributed by atoms with Crippen LogP contribution >= 0.6 is 0 Å². The van der Waals surface area contributed by atoms with Gasteiger partial charge in [-0.25, -0.2) is 8.78 Å². The van der Waals surface area contributed by atoms with Gasteiger partial charge in [-0.3, -0.25) is 4.90 Å². The minimum Gasteiger partial charge on any atom is -0.292 e. The van der Waals surface area contributed by atoms with E-state index in [4.69, 9.17) is 0 Å². The molecule has 0 saturated carbocycles. The Morgan fingerprint density at radius 3 is 2.73 bits per heavy atom. The van der Waals surface area contributed by atoms with Crippen LogP contribution in [0.5, 0.6) is 0 Å². The van der Waals surface area contributed by atoms with Crippen LogP contribution in [0.25, 0.3) is 0 Å². The Kier molecular flexibility index (Phi) is 1.32. The Morgan fingerprint density at radius 2 is 2.09 bits per heavy atom. The maximum atomic E-state index is 12.9. The summed E-state index contributed by atoms with van der Waals surface area (Å²) in [5.41, 5.74) is -0.177. The highest BCUT2D eigenvalue weighted by Crippen LogP contribution is 2.45. The van der Waals surface area contributed by atoms with Gasteiger partial charge >= 0.3 is 0 Å². The highest BCUT2D eigenvalue weighted by molar-refractivity contribution is 5.03. The molecule has 0 amide bonds. The molecule has 0 aromatic carbocycles. The number of rotatable bonds is 0. The van der Waals surface area contributed by atoms with Crippen molar-refractivity contribution in [2.45, 2.75) is 37.6 Å². The van der Waals surface area contributed by atoms with Crippen molar-refractivity contribution in [2.75, 3.05) is 13.1 Å². The standard InChI is InChI=1S/C8H13F2N/c1-7-3-2-4-11(7)6-8(9,10)5-7/h2-6H2,1H3. The van der Waals surface area contributed by atoms with Crippen molar-refractivity contribution in [1.29, 1.82) is 0 Å². The lowest BCUT2D eigenvalue weighted by molar-refractivity contribution is 0.00988. The molecule has 0 radical (unpaired) electrons. The first-order chi connectivity index (χ1) is 5.02. The molecule has 11 heavy (non-hydrogen) atoms. The molecule has 0 aromatic rings. The molecule has 1 atom stereocenters. The van der Waals surface area contributed by atoms with E-state index >= 15 is 0 Å². The molecule has 2 saturated heterocycles. The third-order valence-electron chi connectivity index (χ3n) is 2.97. The minimum atomic E-state index is -2.42. The molecule has 2 rings (SSSR count). The maximum absolute atomic E-state index is 12.9. The van der Waals surface area contributed by atoms with Crippen LogP contribution < -0.4 is 0 Å². The number of nitrogens with zero attached hydrogens (tertiary/aromatic N) is 1. The molecule has 0 aliphatic carbocycles. The molecule has 2 aliphatic heterocycles. The van der Waals surface area contributed by atoms with Crippen LogP contribution in [0.15, 0.2) is 0 Å². The van der Waals surface area contributed by atoms with E-state index in [1.807, 2.05) is 11.8 Å². The predicted molar refractivity (Wildman–Crippen MR) is 38.8 cm³/mol. The summed E-state index contributed by atoms with van der Waals surface area (Å²) in [5.74, 6) is -2.42. The molecular formula is C8H13F2N. The normalized spacial score (nSPS) is 42.8. The lowest BCUT2D eigenvalue weighted by Crippen LogP contribution is -2.34. The second kappa shape index (κ2) is 1.94. The van der Waals surface area contributed by atoms with Gasteiger partial charge in [0.15, 0.2) is 0 Å². The second-order valence-electron chi connectivity index (χ2n) is 4.05. The van der Waals surface area contributed by atoms with E-state index in [2.05, 4.69) is 0 Å². The average Bonchev–Trinajstić information content (AvgIpc) is 2.16. The van der Waals surface area contributed by atoms with Gasteiger partial charge in [-0.1, -0.05) is 0 Å². The van der Waals surface area contributed by atoms with E-state index in [9.17, 15) is 8.78 Å². The van der Waals surface area contributed by atoms with Crippen LogP contribution in [0.2, 0.25) is 0 Å². The van der Waals surface area contributed by atoms with Gasteiger partial charge in [-0.05, 0) is 26.3 Å². The van der Waals surface area contributed by atoms with E-state index in [1.54, 1.807) is 0 Å². The van der Waals surface area contributed by atoms with Crippen LogP contribution in [0.3, 0.4) is 0 Å². The molecule has 64 valence electrons. The maximum Gasteiger partial charge on any atom is 0.262 e. The molecule has 2 fully saturated rings. The lowest BCUT2D eigenvalue weighted by atomic mass is 9.96. The number of halogens is 2. The zero-order chi connectivity index (χ0) is 8.11. The minimum absolute atomic E-state index is 0.0104. The Bertz CT molecular complexity index is 181. The van der Waals surface area contributed by atoms with Gasteiger partial charge in [-0.2, -0.15) is 0 Å². The van der Waals surface area contributed by atoms with Crippen LogP contribution in [-0.2, 0) is 0 Å². The van der Waals surface area contributed by atoms with E-state index in [1.165, 1.54) is 0 Å². The first-order valence-corrected chi connectivity index (χ1v) is 4.15. The molecule has 1 nitrogen and oxygen atoms in total. The van der Waals surface area contributed by atoms with Crippen molar-refractivity contribution in [2.24, 2.45) is 0 Å². The Morgan fingerprint density at radius 1 is 1.36 bits per heavy atom. The smallest absolute Gasteiger partial charge is 0.262 e. The molecule has 0 spiro atoms. The first kappa shape index (κ1) is 7.47. The van der Waals surface area contributed by atoms with Crippen molar-refractivity contribution < 1.29 is 8.78 Å². The Labute approximate surface area is 65.4 Å². The summed E-state index contributed by atoms with van der Waals surface area (Å²) in [6.07, 6.45) is 2.11. The van der Waals surface area contributed by atoms with Crippen molar-refractivity contribution in [3.05, 3.63) is 0 Å². The van der Waals surface area contributed by atoms with Gasteiger partial charge in [0.05, 0.1) is 6.54 Å². The molecule has 0 bridgehead atoms. The summed E-state index contributed by atoms with van der Waals surface area (Å²) in [5, 5.41) is 0. The third kappa shape index (κ3) is 1.06. The summed E-state index contributed by atoms with van der Waals surface area (Å²) in [6, 6.07) is 0. The van der Waals surface area contributed by atoms with Crippen LogP contribution in [0, 0.1) is 0 Å². The Balaban J connectivity index is 2.19. The van der Waals surface area contributed by atoms with E-state index in [-0.39, 0.29) is 18.5 Å². The fourth-order valence-electron chi connectivity index (χ4n) is 2.44. The predicted octanol–water partition coefficient (Wildman–Crippen LogP) is 1.88. The second-order valence-corrected chi connectivity index (χ2v) is 4.05. The fourth-order valence-corrected chi connectivity index (χ4v) is 2.44. The summed E-state index contributed by atoms with van der Waals surface area (Å²) < 4.78 is 25.7. The van der Waals surface area contributed by atoms with Crippen molar-refractivity contribution in [1.82, 2.24) is 4.90 Å². The number of hydrogen-bond donors (Lipinski definition) is 0. The van der Waals surface area contributed by atoms with E-state index in [0.29, 0.717) is 0 Å². The SMILES string of the molecule is CC12CCCN1CC(F)(F)C2. The number of fused-ring (bicyclic) bond motifs is 1. The summed E-state index contributed by atoms with van der Waals surface area (Å²) in [6.45, 7) is 2.82. The van der Waals surface area contributed by atoms with Crippen LogP contribution in [0.4, 0.5) is 8.78 Å². The fraction of sp³-hybridized carbons (Fsp3) is 1.00. The quantitative estimate of drug-likeness (QED) is 0.524. The van der Waals surface area contributed by atoms with Gasteiger partial charge in [-0.15, -0.1) is 0 Å². The van der Waals surface area contributed by atoms with Crippen molar-refractivity contribution in [3.63, 3.8) is 0 Å². The van der Waals surface area contributed by atoms with Crippen LogP contribution in [0.1, 0.15) is 26.2 Å². The van der Waals surface area contributed by atoms with Gasteiger partial charge < -0.3 is 0 Å². The zero-order valence-corrected chi connectivity index (χ0v) is 6.74. The van der Waals surface area contributed by atoms with Gasteiger partial charge in [0.2, 0.25) is 0 Å². The Hall–Kier alpha value is -0.180. The number of alkyl halides is 2.